The van der Waals surface area contributed by atoms with Gasteiger partial charge in [-0.2, -0.15) is 5.26 Å². The molecule has 4 rings (SSSR count). The van der Waals surface area contributed by atoms with E-state index in [1.165, 1.54) is 11.3 Å². The van der Waals surface area contributed by atoms with Gasteiger partial charge in [-0.05, 0) is 37.2 Å². The number of epoxide rings is 1. The monoisotopic (exact) mass is 459 g/mol. The number of hydrogen-bond donors (Lipinski definition) is 2. The summed E-state index contributed by atoms with van der Waals surface area (Å²) in [4.78, 5) is 17.1. The van der Waals surface area contributed by atoms with E-state index in [-0.39, 0.29) is 6.03 Å². The Morgan fingerprint density at radius 3 is 2.65 bits per heavy atom. The van der Waals surface area contributed by atoms with Gasteiger partial charge >= 0.3 is 6.03 Å². The Morgan fingerprint density at radius 1 is 1.19 bits per heavy atom. The van der Waals surface area contributed by atoms with Crippen LogP contribution in [0.4, 0.5) is 15.6 Å². The number of nitriles is 1. The molecule has 0 radical (unpaired) electrons. The van der Waals surface area contributed by atoms with Crippen molar-refractivity contribution in [2.45, 2.75) is 16.9 Å². The second-order valence-corrected chi connectivity index (χ2v) is 9.76. The fourth-order valence-electron chi connectivity index (χ4n) is 3.31. The smallest absolute Gasteiger partial charge is 0.325 e. The fourth-order valence-corrected chi connectivity index (χ4v) is 5.05. The highest BCUT2D eigenvalue weighted by Crippen LogP contribution is 2.26. The van der Waals surface area contributed by atoms with Crippen LogP contribution in [0, 0.1) is 11.3 Å². The minimum atomic E-state index is -0.384. The molecule has 11 heteroatoms. The predicted octanol–water partition coefficient (Wildman–Crippen LogP) is 2.55. The summed E-state index contributed by atoms with van der Waals surface area (Å²) in [6.45, 7) is 7.62. The zero-order valence-corrected chi connectivity index (χ0v) is 18.8. The van der Waals surface area contributed by atoms with Gasteiger partial charge in [0.2, 0.25) is 5.13 Å². The lowest BCUT2D eigenvalue weighted by Crippen LogP contribution is -2.47. The van der Waals surface area contributed by atoms with Crippen LogP contribution in [-0.2, 0) is 4.74 Å². The van der Waals surface area contributed by atoms with Crippen LogP contribution in [0.1, 0.15) is 12.0 Å². The van der Waals surface area contributed by atoms with Gasteiger partial charge in [0, 0.05) is 44.2 Å². The first kappa shape index (κ1) is 22.0. The van der Waals surface area contributed by atoms with Gasteiger partial charge in [-0.1, -0.05) is 23.1 Å². The van der Waals surface area contributed by atoms with Crippen molar-refractivity contribution in [1.82, 2.24) is 20.0 Å². The predicted molar refractivity (Wildman–Crippen MR) is 122 cm³/mol. The lowest BCUT2D eigenvalue weighted by Gasteiger charge is -2.34. The minimum absolute atomic E-state index is 0.384. The third-order valence-corrected chi connectivity index (χ3v) is 7.13. The first-order valence-corrected chi connectivity index (χ1v) is 12.1. The molecule has 1 aromatic heterocycles. The molecule has 0 aliphatic carbocycles. The molecule has 2 N–H and O–H groups in total. The third-order valence-electron chi connectivity index (χ3n) is 5.07. The van der Waals surface area contributed by atoms with Crippen molar-refractivity contribution in [2.24, 2.45) is 0 Å². The summed E-state index contributed by atoms with van der Waals surface area (Å²) in [7, 11) is 0. The van der Waals surface area contributed by atoms with Crippen LogP contribution in [0.15, 0.2) is 28.6 Å². The molecule has 2 aliphatic rings. The highest BCUT2D eigenvalue weighted by Gasteiger charge is 2.27. The van der Waals surface area contributed by atoms with E-state index in [1.54, 1.807) is 36.0 Å². The van der Waals surface area contributed by atoms with E-state index in [0.29, 0.717) is 22.5 Å². The number of amides is 2. The van der Waals surface area contributed by atoms with Gasteiger partial charge < -0.3 is 15.0 Å². The van der Waals surface area contributed by atoms with Crippen LogP contribution in [0.25, 0.3) is 0 Å². The topological polar surface area (TPSA) is 110 Å². The lowest BCUT2D eigenvalue weighted by atomic mass is 10.2. The van der Waals surface area contributed by atoms with Gasteiger partial charge in [0.15, 0.2) is 4.34 Å². The Morgan fingerprint density at radius 2 is 1.94 bits per heavy atom. The van der Waals surface area contributed by atoms with Crippen LogP contribution in [0.5, 0.6) is 0 Å². The SMILES string of the molecule is N#Cc1ccc(NC(=O)Nc2nnc(SCCCN3CCN(CC4CO4)CC3)s2)cc1. The van der Waals surface area contributed by atoms with Crippen molar-refractivity contribution in [3.05, 3.63) is 29.8 Å². The number of piperazine rings is 1. The van der Waals surface area contributed by atoms with Crippen molar-refractivity contribution in [1.29, 1.82) is 5.26 Å². The molecular formula is C20H25N7O2S2. The fraction of sp³-hybridized carbons (Fsp3) is 0.500. The maximum Gasteiger partial charge on any atom is 0.325 e. The molecule has 0 spiro atoms. The molecular weight excluding hydrogens is 434 g/mol. The van der Waals surface area contributed by atoms with E-state index in [1.807, 2.05) is 6.07 Å². The Balaban J connectivity index is 1.11. The molecule has 2 aliphatic heterocycles. The molecule has 0 bridgehead atoms. The van der Waals surface area contributed by atoms with Crippen LogP contribution < -0.4 is 10.6 Å². The highest BCUT2D eigenvalue weighted by molar-refractivity contribution is 8.01. The third kappa shape index (κ3) is 7.15. The van der Waals surface area contributed by atoms with Crippen molar-refractivity contribution in [3.8, 4) is 6.07 Å². The number of nitrogens with one attached hydrogen (secondary N) is 2. The number of anilines is 2. The second kappa shape index (κ2) is 10.9. The minimum Gasteiger partial charge on any atom is -0.372 e. The van der Waals surface area contributed by atoms with Crippen LogP contribution in [0.2, 0.25) is 0 Å². The summed E-state index contributed by atoms with van der Waals surface area (Å²) in [6, 6.07) is 8.32. The lowest BCUT2D eigenvalue weighted by molar-refractivity contribution is 0.125. The van der Waals surface area contributed by atoms with Crippen LogP contribution >= 0.6 is 23.1 Å². The van der Waals surface area contributed by atoms with Crippen molar-refractivity contribution in [2.75, 3.05) is 62.3 Å². The van der Waals surface area contributed by atoms with E-state index >= 15 is 0 Å². The molecule has 2 amide bonds. The zero-order chi connectivity index (χ0) is 21.5. The number of hydrogen-bond acceptors (Lipinski definition) is 9. The molecule has 164 valence electrons. The van der Waals surface area contributed by atoms with E-state index in [4.69, 9.17) is 10.00 Å². The van der Waals surface area contributed by atoms with Crippen LogP contribution in [0.3, 0.4) is 0 Å². The number of ether oxygens (including phenoxy) is 1. The van der Waals surface area contributed by atoms with E-state index in [2.05, 4.69) is 30.6 Å². The average Bonchev–Trinajstić information content (AvgIpc) is 3.49. The molecule has 0 saturated carbocycles. The van der Waals surface area contributed by atoms with Gasteiger partial charge in [0.25, 0.3) is 0 Å². The van der Waals surface area contributed by atoms with Crippen molar-refractivity contribution < 1.29 is 9.53 Å². The molecule has 2 aromatic rings. The Kier molecular flexibility index (Phi) is 7.71. The van der Waals surface area contributed by atoms with E-state index in [0.717, 1.165) is 62.4 Å². The number of rotatable bonds is 9. The summed E-state index contributed by atoms with van der Waals surface area (Å²) in [5.41, 5.74) is 1.15. The maximum atomic E-state index is 12.1. The van der Waals surface area contributed by atoms with Gasteiger partial charge in [0.1, 0.15) is 0 Å². The summed E-state index contributed by atoms with van der Waals surface area (Å²) < 4.78 is 6.16. The maximum absolute atomic E-state index is 12.1. The average molecular weight is 460 g/mol. The normalized spacial score (nSPS) is 19.0. The first-order valence-electron chi connectivity index (χ1n) is 10.3. The molecule has 2 saturated heterocycles. The highest BCUT2D eigenvalue weighted by atomic mass is 32.2. The number of urea groups is 1. The zero-order valence-electron chi connectivity index (χ0n) is 17.1. The quantitative estimate of drug-likeness (QED) is 0.255. The summed E-state index contributed by atoms with van der Waals surface area (Å²) in [5.74, 6) is 0.974. The second-order valence-electron chi connectivity index (χ2n) is 7.44. The van der Waals surface area contributed by atoms with E-state index < -0.39 is 0 Å². The van der Waals surface area contributed by atoms with Crippen molar-refractivity contribution in [3.63, 3.8) is 0 Å². The summed E-state index contributed by atoms with van der Waals surface area (Å²) in [6.07, 6.45) is 1.58. The molecule has 1 aromatic carbocycles. The number of carbonyl (C=O) groups is 1. The Labute approximate surface area is 189 Å². The number of thioether (sulfide) groups is 1. The number of nitrogens with zero attached hydrogens (tertiary/aromatic N) is 5. The molecule has 2 fully saturated rings. The Hall–Kier alpha value is -2.23. The van der Waals surface area contributed by atoms with Gasteiger partial charge in [-0.3, -0.25) is 10.2 Å². The number of benzene rings is 1. The van der Waals surface area contributed by atoms with Gasteiger partial charge in [-0.15, -0.1) is 10.2 Å². The largest absolute Gasteiger partial charge is 0.372 e. The van der Waals surface area contributed by atoms with Crippen LogP contribution in [-0.4, -0.2) is 83.8 Å². The number of carbonyl (C=O) groups excluding carboxylic acids is 1. The standard InChI is InChI=1S/C20H25N7O2S2/c21-12-15-2-4-16(5-3-15)22-18(28)23-19-24-25-20(31-19)30-11-1-6-26-7-9-27(10-8-26)13-17-14-29-17/h2-5,17H,1,6-11,13-14H2,(H2,22,23,24,28). The van der Waals surface area contributed by atoms with Gasteiger partial charge in [-0.25, -0.2) is 4.79 Å². The molecule has 3 heterocycles. The van der Waals surface area contributed by atoms with E-state index in [9.17, 15) is 4.79 Å². The molecule has 1 atom stereocenters. The molecule has 9 nitrogen and oxygen atoms in total. The van der Waals surface area contributed by atoms with Gasteiger partial charge in [0.05, 0.1) is 24.3 Å². The molecule has 1 unspecified atom stereocenters. The first-order chi connectivity index (χ1) is 15.2. The summed E-state index contributed by atoms with van der Waals surface area (Å²) in [5, 5.41) is 22.9. The Bertz CT molecular complexity index is 903. The summed E-state index contributed by atoms with van der Waals surface area (Å²) >= 11 is 3.04. The number of aromatic nitrogens is 2. The van der Waals surface area contributed by atoms with Crippen molar-refractivity contribution >= 4 is 39.9 Å². The molecule has 31 heavy (non-hydrogen) atoms.